The SMILES string of the molecule is CCC(C)C1OCCCC1=O. The van der Waals surface area contributed by atoms with E-state index in [1.165, 1.54) is 0 Å². The Bertz CT molecular complexity index is 142. The lowest BCUT2D eigenvalue weighted by atomic mass is 9.94. The molecular weight excluding hydrogens is 140 g/mol. The van der Waals surface area contributed by atoms with Gasteiger partial charge in [0.05, 0.1) is 0 Å². The molecule has 0 bridgehead atoms. The molecule has 1 rings (SSSR count). The Morgan fingerprint density at radius 2 is 2.45 bits per heavy atom. The van der Waals surface area contributed by atoms with Crippen molar-refractivity contribution in [3.05, 3.63) is 0 Å². The van der Waals surface area contributed by atoms with Gasteiger partial charge >= 0.3 is 0 Å². The van der Waals surface area contributed by atoms with Crippen LogP contribution < -0.4 is 0 Å². The van der Waals surface area contributed by atoms with Gasteiger partial charge in [0.1, 0.15) is 6.10 Å². The number of Topliss-reactive ketones (excluding diaryl/α,β-unsaturated/α-hetero) is 1. The third kappa shape index (κ3) is 2.03. The Morgan fingerprint density at radius 3 is 3.00 bits per heavy atom. The summed E-state index contributed by atoms with van der Waals surface area (Å²) in [6, 6.07) is 0. The normalized spacial score (nSPS) is 28.5. The molecule has 11 heavy (non-hydrogen) atoms. The third-order valence-electron chi connectivity index (χ3n) is 2.34. The van der Waals surface area contributed by atoms with Crippen molar-refractivity contribution in [2.24, 2.45) is 5.92 Å². The predicted molar refractivity (Wildman–Crippen MR) is 43.4 cm³/mol. The molecule has 0 aromatic carbocycles. The van der Waals surface area contributed by atoms with Crippen molar-refractivity contribution in [1.82, 2.24) is 0 Å². The van der Waals surface area contributed by atoms with Crippen LogP contribution in [0.3, 0.4) is 0 Å². The summed E-state index contributed by atoms with van der Waals surface area (Å²) in [7, 11) is 0. The fourth-order valence-electron chi connectivity index (χ4n) is 1.39. The Kier molecular flexibility index (Phi) is 3.06. The number of hydrogen-bond acceptors (Lipinski definition) is 2. The highest BCUT2D eigenvalue weighted by molar-refractivity contribution is 5.83. The first-order valence-electron chi connectivity index (χ1n) is 4.40. The van der Waals surface area contributed by atoms with E-state index in [1.54, 1.807) is 0 Å². The molecule has 0 spiro atoms. The molecule has 1 fully saturated rings. The van der Waals surface area contributed by atoms with Crippen molar-refractivity contribution in [2.45, 2.75) is 39.2 Å². The van der Waals surface area contributed by atoms with Gasteiger partial charge in [0.25, 0.3) is 0 Å². The second-order valence-corrected chi connectivity index (χ2v) is 3.25. The molecule has 2 nitrogen and oxygen atoms in total. The molecule has 0 aromatic heterocycles. The fraction of sp³-hybridized carbons (Fsp3) is 0.889. The molecule has 64 valence electrons. The minimum Gasteiger partial charge on any atom is -0.370 e. The van der Waals surface area contributed by atoms with Crippen molar-refractivity contribution in [2.75, 3.05) is 6.61 Å². The van der Waals surface area contributed by atoms with Gasteiger partial charge in [-0.25, -0.2) is 0 Å². The quantitative estimate of drug-likeness (QED) is 0.609. The number of carbonyl (C=O) groups is 1. The Morgan fingerprint density at radius 1 is 1.73 bits per heavy atom. The fourth-order valence-corrected chi connectivity index (χ4v) is 1.39. The predicted octanol–water partition coefficient (Wildman–Crippen LogP) is 1.78. The largest absolute Gasteiger partial charge is 0.370 e. The van der Waals surface area contributed by atoms with Gasteiger partial charge in [-0.3, -0.25) is 4.79 Å². The van der Waals surface area contributed by atoms with Crippen LogP contribution in [0.25, 0.3) is 0 Å². The van der Waals surface area contributed by atoms with Gasteiger partial charge < -0.3 is 4.74 Å². The number of ketones is 1. The highest BCUT2D eigenvalue weighted by Gasteiger charge is 2.26. The van der Waals surface area contributed by atoms with E-state index >= 15 is 0 Å². The summed E-state index contributed by atoms with van der Waals surface area (Å²) >= 11 is 0. The monoisotopic (exact) mass is 156 g/mol. The van der Waals surface area contributed by atoms with E-state index < -0.39 is 0 Å². The maximum Gasteiger partial charge on any atom is 0.161 e. The highest BCUT2D eigenvalue weighted by atomic mass is 16.5. The Labute approximate surface area is 67.9 Å². The Hall–Kier alpha value is -0.370. The molecule has 1 aliphatic heterocycles. The van der Waals surface area contributed by atoms with Crippen LogP contribution in [0.5, 0.6) is 0 Å². The van der Waals surface area contributed by atoms with Gasteiger partial charge in [-0.15, -0.1) is 0 Å². The van der Waals surface area contributed by atoms with Gasteiger partial charge in [-0.2, -0.15) is 0 Å². The third-order valence-corrected chi connectivity index (χ3v) is 2.34. The molecule has 1 saturated heterocycles. The summed E-state index contributed by atoms with van der Waals surface area (Å²) in [6.07, 6.45) is 2.55. The van der Waals surface area contributed by atoms with E-state index in [-0.39, 0.29) is 6.10 Å². The van der Waals surface area contributed by atoms with Crippen LogP contribution in [0.2, 0.25) is 0 Å². The number of carbonyl (C=O) groups excluding carboxylic acids is 1. The topological polar surface area (TPSA) is 26.3 Å². The number of hydrogen-bond donors (Lipinski definition) is 0. The molecular formula is C9H16O2. The summed E-state index contributed by atoms with van der Waals surface area (Å²) in [5.74, 6) is 0.688. The van der Waals surface area contributed by atoms with E-state index in [2.05, 4.69) is 13.8 Å². The molecule has 1 aliphatic rings. The van der Waals surface area contributed by atoms with E-state index in [1.807, 2.05) is 0 Å². The molecule has 2 heteroatoms. The zero-order valence-corrected chi connectivity index (χ0v) is 7.30. The standard InChI is InChI=1S/C9H16O2/c1-3-7(2)9-8(10)5-4-6-11-9/h7,9H,3-6H2,1-2H3. The summed E-state index contributed by atoms with van der Waals surface area (Å²) < 4.78 is 5.39. The highest BCUT2D eigenvalue weighted by Crippen LogP contribution is 2.18. The molecule has 0 aromatic rings. The average Bonchev–Trinajstić information content (AvgIpc) is 2.04. The van der Waals surface area contributed by atoms with Crippen LogP contribution in [-0.4, -0.2) is 18.5 Å². The zero-order chi connectivity index (χ0) is 8.27. The summed E-state index contributed by atoms with van der Waals surface area (Å²) in [4.78, 5) is 11.3. The van der Waals surface area contributed by atoms with Crippen LogP contribution in [0, 0.1) is 5.92 Å². The van der Waals surface area contributed by atoms with E-state index in [9.17, 15) is 4.79 Å². The lowest BCUT2D eigenvalue weighted by Crippen LogP contribution is -2.34. The molecule has 1 heterocycles. The number of rotatable bonds is 2. The van der Waals surface area contributed by atoms with Crippen molar-refractivity contribution < 1.29 is 9.53 Å². The van der Waals surface area contributed by atoms with Crippen LogP contribution in [0.4, 0.5) is 0 Å². The van der Waals surface area contributed by atoms with Gasteiger partial charge in [-0.1, -0.05) is 20.3 Å². The van der Waals surface area contributed by atoms with Crippen molar-refractivity contribution >= 4 is 5.78 Å². The molecule has 2 unspecified atom stereocenters. The molecule has 2 atom stereocenters. The zero-order valence-electron chi connectivity index (χ0n) is 7.30. The van der Waals surface area contributed by atoms with Crippen LogP contribution in [-0.2, 0) is 9.53 Å². The van der Waals surface area contributed by atoms with Crippen LogP contribution in [0.15, 0.2) is 0 Å². The van der Waals surface area contributed by atoms with Crippen molar-refractivity contribution in [1.29, 1.82) is 0 Å². The first kappa shape index (κ1) is 8.72. The summed E-state index contributed by atoms with van der Waals surface area (Å²) in [5.41, 5.74) is 0. The molecule has 0 saturated carbocycles. The van der Waals surface area contributed by atoms with Gasteiger partial charge in [-0.05, 0) is 12.3 Å². The second-order valence-electron chi connectivity index (χ2n) is 3.25. The summed E-state index contributed by atoms with van der Waals surface area (Å²) in [5, 5.41) is 0. The minimum absolute atomic E-state index is 0.103. The van der Waals surface area contributed by atoms with Gasteiger partial charge in [0.15, 0.2) is 5.78 Å². The summed E-state index contributed by atoms with van der Waals surface area (Å²) in [6.45, 7) is 4.94. The van der Waals surface area contributed by atoms with E-state index in [4.69, 9.17) is 4.74 Å². The maximum absolute atomic E-state index is 11.3. The van der Waals surface area contributed by atoms with Crippen molar-refractivity contribution in [3.8, 4) is 0 Å². The molecule has 0 aliphatic carbocycles. The van der Waals surface area contributed by atoms with Crippen LogP contribution >= 0.6 is 0 Å². The molecule has 0 N–H and O–H groups in total. The average molecular weight is 156 g/mol. The van der Waals surface area contributed by atoms with E-state index in [0.717, 1.165) is 25.9 Å². The smallest absolute Gasteiger partial charge is 0.161 e. The second kappa shape index (κ2) is 3.86. The maximum atomic E-state index is 11.3. The number of ether oxygens (including phenoxy) is 1. The first-order chi connectivity index (χ1) is 5.25. The van der Waals surface area contributed by atoms with Crippen LogP contribution in [0.1, 0.15) is 33.1 Å². The van der Waals surface area contributed by atoms with E-state index in [0.29, 0.717) is 11.7 Å². The van der Waals surface area contributed by atoms with Gasteiger partial charge in [0, 0.05) is 13.0 Å². The minimum atomic E-state index is -0.103. The Balaban J connectivity index is 2.47. The molecule has 0 amide bonds. The van der Waals surface area contributed by atoms with Crippen molar-refractivity contribution in [3.63, 3.8) is 0 Å². The lowest BCUT2D eigenvalue weighted by Gasteiger charge is -2.25. The lowest BCUT2D eigenvalue weighted by molar-refractivity contribution is -0.139. The molecule has 0 radical (unpaired) electrons. The van der Waals surface area contributed by atoms with Gasteiger partial charge in [0.2, 0.25) is 0 Å². The first-order valence-corrected chi connectivity index (χ1v) is 4.40.